The van der Waals surface area contributed by atoms with Gasteiger partial charge < -0.3 is 0 Å². The third-order valence-corrected chi connectivity index (χ3v) is 5.58. The second kappa shape index (κ2) is 7.93. The highest BCUT2D eigenvalue weighted by Crippen LogP contribution is 2.54. The van der Waals surface area contributed by atoms with Gasteiger partial charge in [0.05, 0.1) is 11.2 Å². The fourth-order valence-electron chi connectivity index (χ4n) is 4.94. The van der Waals surface area contributed by atoms with Crippen molar-refractivity contribution in [1.82, 2.24) is 0 Å². The molecule has 1 aliphatic carbocycles. The lowest BCUT2D eigenvalue weighted by molar-refractivity contribution is -0.421. The molecular weight excluding hydrogens is 340 g/mol. The molecule has 4 nitrogen and oxygen atoms in total. The Morgan fingerprint density at radius 1 is 0.667 bits per heavy atom. The molecule has 0 aromatic heterocycles. The normalized spacial score (nSPS) is 27.7. The lowest BCUT2D eigenvalue weighted by Crippen LogP contribution is -2.54. The van der Waals surface area contributed by atoms with Crippen LogP contribution < -0.4 is 0 Å². The van der Waals surface area contributed by atoms with Gasteiger partial charge in [0.1, 0.15) is 11.2 Å². The van der Waals surface area contributed by atoms with E-state index >= 15 is 0 Å². The molecule has 1 saturated carbocycles. The molecule has 0 spiro atoms. The summed E-state index contributed by atoms with van der Waals surface area (Å²) in [5, 5.41) is 0. The average Bonchev–Trinajstić information content (AvgIpc) is 2.40. The summed E-state index contributed by atoms with van der Waals surface area (Å²) in [6.07, 6.45) is 2.14. The molecule has 3 atom stereocenters. The lowest BCUT2D eigenvalue weighted by Gasteiger charge is -2.54. The van der Waals surface area contributed by atoms with Crippen molar-refractivity contribution in [3.05, 3.63) is 0 Å². The van der Waals surface area contributed by atoms with Crippen molar-refractivity contribution in [3.8, 4) is 0 Å². The van der Waals surface area contributed by atoms with Crippen LogP contribution in [-0.4, -0.2) is 22.4 Å². The van der Waals surface area contributed by atoms with E-state index in [9.17, 15) is 0 Å². The highest BCUT2D eigenvalue weighted by atomic mass is 17.2. The Balaban J connectivity index is 2.93. The highest BCUT2D eigenvalue weighted by molar-refractivity contribution is 5.00. The molecule has 1 rings (SSSR count). The van der Waals surface area contributed by atoms with E-state index in [1.165, 1.54) is 0 Å². The van der Waals surface area contributed by atoms with Crippen LogP contribution in [-0.2, 0) is 19.6 Å². The minimum Gasteiger partial charge on any atom is -0.230 e. The summed E-state index contributed by atoms with van der Waals surface area (Å²) < 4.78 is 0. The molecular formula is C23H46O4. The van der Waals surface area contributed by atoms with Crippen LogP contribution in [0.5, 0.6) is 0 Å². The Kier molecular flexibility index (Phi) is 7.31. The van der Waals surface area contributed by atoms with Crippen LogP contribution in [0, 0.1) is 23.2 Å². The standard InChI is InChI=1S/C23H46O4/c1-16-14-17(22(10,11)26-24-19(2,3)4)15-21(8,9)18(16)23(12,13)27-25-20(5,6)7/h16-18H,14-15H2,1-13H3. The van der Waals surface area contributed by atoms with E-state index in [-0.39, 0.29) is 27.8 Å². The van der Waals surface area contributed by atoms with E-state index in [0.29, 0.717) is 17.8 Å². The fourth-order valence-corrected chi connectivity index (χ4v) is 4.94. The van der Waals surface area contributed by atoms with E-state index in [0.717, 1.165) is 12.8 Å². The summed E-state index contributed by atoms with van der Waals surface area (Å²) >= 11 is 0. The molecule has 1 aliphatic rings. The Morgan fingerprint density at radius 3 is 1.44 bits per heavy atom. The second-order valence-corrected chi connectivity index (χ2v) is 12.3. The largest absolute Gasteiger partial charge is 0.230 e. The maximum Gasteiger partial charge on any atom is 0.102 e. The fraction of sp³-hybridized carbons (Fsp3) is 1.00. The average molecular weight is 387 g/mol. The quantitative estimate of drug-likeness (QED) is 0.375. The van der Waals surface area contributed by atoms with Crippen molar-refractivity contribution in [3.63, 3.8) is 0 Å². The second-order valence-electron chi connectivity index (χ2n) is 12.3. The Labute approximate surface area is 168 Å². The molecule has 0 amide bonds. The predicted molar refractivity (Wildman–Crippen MR) is 111 cm³/mol. The van der Waals surface area contributed by atoms with Crippen LogP contribution in [0.4, 0.5) is 0 Å². The summed E-state index contributed by atoms with van der Waals surface area (Å²) in [5.41, 5.74) is -1.24. The van der Waals surface area contributed by atoms with Crippen molar-refractivity contribution in [2.45, 2.75) is 125 Å². The van der Waals surface area contributed by atoms with Gasteiger partial charge in [-0.15, -0.1) is 0 Å². The number of hydrogen-bond acceptors (Lipinski definition) is 4. The van der Waals surface area contributed by atoms with Crippen molar-refractivity contribution >= 4 is 0 Å². The van der Waals surface area contributed by atoms with Crippen molar-refractivity contribution in [1.29, 1.82) is 0 Å². The number of hydrogen-bond donors (Lipinski definition) is 0. The minimum absolute atomic E-state index is 0.0927. The first kappa shape index (κ1) is 24.9. The summed E-state index contributed by atoms with van der Waals surface area (Å²) in [7, 11) is 0. The summed E-state index contributed by atoms with van der Waals surface area (Å²) in [5.74, 6) is 1.28. The van der Waals surface area contributed by atoms with Gasteiger partial charge in [-0.1, -0.05) is 20.8 Å². The van der Waals surface area contributed by atoms with Crippen LogP contribution in [0.15, 0.2) is 0 Å². The molecule has 0 N–H and O–H groups in total. The van der Waals surface area contributed by atoms with Crippen LogP contribution in [0.3, 0.4) is 0 Å². The first-order chi connectivity index (χ1) is 11.8. The maximum atomic E-state index is 6.00. The zero-order valence-electron chi connectivity index (χ0n) is 20.3. The molecule has 0 aromatic carbocycles. The third kappa shape index (κ3) is 7.30. The molecule has 162 valence electrons. The zero-order valence-corrected chi connectivity index (χ0v) is 20.3. The monoisotopic (exact) mass is 386 g/mol. The van der Waals surface area contributed by atoms with Gasteiger partial charge in [-0.3, -0.25) is 0 Å². The van der Waals surface area contributed by atoms with Gasteiger partial charge in [-0.05, 0) is 105 Å². The van der Waals surface area contributed by atoms with Crippen LogP contribution in [0.1, 0.15) is 103 Å². The highest BCUT2D eigenvalue weighted by Gasteiger charge is 2.53. The van der Waals surface area contributed by atoms with Crippen molar-refractivity contribution in [2.24, 2.45) is 23.2 Å². The van der Waals surface area contributed by atoms with E-state index in [4.69, 9.17) is 19.6 Å². The van der Waals surface area contributed by atoms with E-state index < -0.39 is 0 Å². The Hall–Kier alpha value is -0.160. The Morgan fingerprint density at radius 2 is 1.07 bits per heavy atom. The molecule has 27 heavy (non-hydrogen) atoms. The van der Waals surface area contributed by atoms with Gasteiger partial charge >= 0.3 is 0 Å². The first-order valence-corrected chi connectivity index (χ1v) is 10.5. The smallest absolute Gasteiger partial charge is 0.102 e. The van der Waals surface area contributed by atoms with Crippen molar-refractivity contribution < 1.29 is 19.6 Å². The zero-order chi connectivity index (χ0) is 21.5. The van der Waals surface area contributed by atoms with Gasteiger partial charge in [0.2, 0.25) is 0 Å². The van der Waals surface area contributed by atoms with Gasteiger partial charge in [-0.25, -0.2) is 19.6 Å². The molecule has 0 bridgehead atoms. The first-order valence-electron chi connectivity index (χ1n) is 10.5. The van der Waals surface area contributed by atoms with Gasteiger partial charge in [-0.2, -0.15) is 0 Å². The molecule has 0 aliphatic heterocycles. The maximum absolute atomic E-state index is 6.00. The summed E-state index contributed by atoms with van der Waals surface area (Å²) in [6.45, 7) is 27.8. The van der Waals surface area contributed by atoms with Crippen molar-refractivity contribution in [2.75, 3.05) is 0 Å². The number of rotatable bonds is 6. The van der Waals surface area contributed by atoms with Crippen LogP contribution in [0.2, 0.25) is 0 Å². The van der Waals surface area contributed by atoms with Crippen LogP contribution >= 0.6 is 0 Å². The minimum atomic E-state index is -0.367. The SMILES string of the molecule is CC1CC(C(C)(C)OOC(C)(C)C)CC(C)(C)C1C(C)(C)OOC(C)(C)C. The van der Waals surface area contributed by atoms with Gasteiger partial charge in [0, 0.05) is 0 Å². The summed E-state index contributed by atoms with van der Waals surface area (Å²) in [6, 6.07) is 0. The van der Waals surface area contributed by atoms with E-state index in [1.54, 1.807) is 0 Å². The molecule has 0 saturated heterocycles. The molecule has 0 heterocycles. The third-order valence-electron chi connectivity index (χ3n) is 5.58. The molecule has 3 unspecified atom stereocenters. The van der Waals surface area contributed by atoms with Crippen LogP contribution in [0.25, 0.3) is 0 Å². The van der Waals surface area contributed by atoms with E-state index in [1.807, 2.05) is 41.5 Å². The Bertz CT molecular complexity index is 480. The predicted octanol–water partition coefficient (Wildman–Crippen LogP) is 6.73. The molecule has 0 aromatic rings. The lowest BCUT2D eigenvalue weighted by atomic mass is 9.54. The van der Waals surface area contributed by atoms with Gasteiger partial charge in [0.25, 0.3) is 0 Å². The molecule has 4 heteroatoms. The molecule has 0 radical (unpaired) electrons. The molecule has 1 fully saturated rings. The van der Waals surface area contributed by atoms with Gasteiger partial charge in [0.15, 0.2) is 0 Å². The van der Waals surface area contributed by atoms with E-state index in [2.05, 4.69) is 48.5 Å². The summed E-state index contributed by atoms with van der Waals surface area (Å²) in [4.78, 5) is 23.3. The topological polar surface area (TPSA) is 36.9 Å².